The number of hydrogen-bond donors (Lipinski definition) is 1. The topological polar surface area (TPSA) is 87.4 Å². The van der Waals surface area contributed by atoms with Crippen molar-refractivity contribution >= 4 is 11.9 Å². The van der Waals surface area contributed by atoms with E-state index in [1.54, 1.807) is 0 Å². The Bertz CT molecular complexity index is 206. The van der Waals surface area contributed by atoms with Gasteiger partial charge in [0.2, 0.25) is 0 Å². The van der Waals surface area contributed by atoms with Crippen LogP contribution in [0.5, 0.6) is 0 Å². The van der Waals surface area contributed by atoms with Crippen LogP contribution in [0.25, 0.3) is 0 Å². The fraction of sp³-hybridized carbons (Fsp3) is 0.571. The first-order valence-electron chi connectivity index (χ1n) is 3.41. The van der Waals surface area contributed by atoms with Gasteiger partial charge in [0, 0.05) is 6.42 Å². The zero-order valence-corrected chi connectivity index (χ0v) is 6.45. The number of rotatable bonds is 5. The van der Waals surface area contributed by atoms with E-state index >= 15 is 0 Å². The van der Waals surface area contributed by atoms with Crippen LogP contribution >= 0.6 is 0 Å². The largest absolute Gasteiger partial charge is 0.481 e. The zero-order chi connectivity index (χ0) is 9.40. The van der Waals surface area contributed by atoms with Crippen LogP contribution in [-0.2, 0) is 14.3 Å². The number of esters is 1. The van der Waals surface area contributed by atoms with Crippen LogP contribution in [0, 0.1) is 11.3 Å². The quantitative estimate of drug-likeness (QED) is 0.365. The van der Waals surface area contributed by atoms with Crippen molar-refractivity contribution in [3.8, 4) is 6.07 Å². The number of unbranched alkanes of at least 4 members (excludes halogenated alkanes) is 1. The summed E-state index contributed by atoms with van der Waals surface area (Å²) in [6, 6.07) is 1.87. The molecule has 0 radical (unpaired) electrons. The molecule has 0 spiro atoms. The van der Waals surface area contributed by atoms with E-state index in [4.69, 9.17) is 10.4 Å². The lowest BCUT2D eigenvalue weighted by Crippen LogP contribution is -2.11. The molecule has 1 N–H and O–H groups in total. The fourth-order valence-corrected chi connectivity index (χ4v) is 0.512. The molecule has 0 aromatic carbocycles. The first kappa shape index (κ1) is 10.4. The summed E-state index contributed by atoms with van der Waals surface area (Å²) >= 11 is 0. The number of carboxylic acid groups (broad SMARTS) is 1. The van der Waals surface area contributed by atoms with E-state index in [0.717, 1.165) is 0 Å². The zero-order valence-electron chi connectivity index (χ0n) is 6.45. The third-order valence-corrected chi connectivity index (χ3v) is 0.992. The maximum atomic E-state index is 10.5. The van der Waals surface area contributed by atoms with Crippen molar-refractivity contribution in [3.63, 3.8) is 0 Å². The lowest BCUT2D eigenvalue weighted by molar-refractivity contribution is -0.151. The number of hydrogen-bond acceptors (Lipinski definition) is 4. The Morgan fingerprint density at radius 3 is 2.67 bits per heavy atom. The van der Waals surface area contributed by atoms with E-state index in [1.165, 1.54) is 0 Å². The first-order chi connectivity index (χ1) is 5.66. The van der Waals surface area contributed by atoms with E-state index < -0.39 is 18.4 Å². The number of carboxylic acids is 1. The summed E-state index contributed by atoms with van der Waals surface area (Å²) in [7, 11) is 0. The molecule has 5 heteroatoms. The smallest absolute Gasteiger partial charge is 0.317 e. The van der Waals surface area contributed by atoms with Crippen LogP contribution < -0.4 is 0 Å². The Morgan fingerprint density at radius 1 is 1.50 bits per heavy atom. The van der Waals surface area contributed by atoms with Crippen molar-refractivity contribution in [2.75, 3.05) is 6.61 Å². The number of nitrogens with zero attached hydrogens (tertiary/aromatic N) is 1. The van der Waals surface area contributed by atoms with E-state index in [0.29, 0.717) is 12.8 Å². The summed E-state index contributed by atoms with van der Waals surface area (Å²) in [5, 5.41) is 16.2. The molecular weight excluding hydrogens is 162 g/mol. The van der Waals surface area contributed by atoms with Crippen LogP contribution in [0.15, 0.2) is 0 Å². The molecule has 0 aliphatic carbocycles. The molecule has 0 fully saturated rings. The van der Waals surface area contributed by atoms with Crippen molar-refractivity contribution in [1.82, 2.24) is 0 Å². The van der Waals surface area contributed by atoms with Gasteiger partial charge in [-0.2, -0.15) is 5.26 Å². The van der Waals surface area contributed by atoms with Crippen LogP contribution in [0.2, 0.25) is 0 Å². The maximum absolute atomic E-state index is 10.5. The molecule has 0 aromatic heterocycles. The van der Waals surface area contributed by atoms with E-state index in [-0.39, 0.29) is 6.61 Å². The second-order valence-corrected chi connectivity index (χ2v) is 2.05. The molecule has 0 atom stereocenters. The number of nitriles is 1. The summed E-state index contributed by atoms with van der Waals surface area (Å²) in [5.41, 5.74) is 0. The molecule has 0 aromatic rings. The highest BCUT2D eigenvalue weighted by Gasteiger charge is 2.07. The standard InChI is InChI=1S/C7H9NO4/c8-3-1-2-4-12-7(11)5-6(9)10/h1-2,4-5H2,(H,9,10). The Morgan fingerprint density at radius 2 is 2.17 bits per heavy atom. The van der Waals surface area contributed by atoms with Crippen molar-refractivity contribution < 1.29 is 19.4 Å². The van der Waals surface area contributed by atoms with E-state index in [9.17, 15) is 9.59 Å². The minimum absolute atomic E-state index is 0.111. The number of aliphatic carboxylic acids is 1. The highest BCUT2D eigenvalue weighted by Crippen LogP contribution is 1.91. The van der Waals surface area contributed by atoms with Crippen molar-refractivity contribution in [2.45, 2.75) is 19.3 Å². The Balaban J connectivity index is 3.33. The SMILES string of the molecule is N#CCCCOC(=O)CC(=O)O. The molecule has 0 aliphatic heterocycles. The second kappa shape index (κ2) is 6.16. The molecule has 66 valence electrons. The minimum atomic E-state index is -1.21. The Hall–Kier alpha value is -1.57. The Kier molecular flexibility index (Phi) is 5.35. The van der Waals surface area contributed by atoms with E-state index in [1.807, 2.05) is 6.07 Å². The highest BCUT2D eigenvalue weighted by atomic mass is 16.5. The van der Waals surface area contributed by atoms with Gasteiger partial charge in [0.15, 0.2) is 0 Å². The summed E-state index contributed by atoms with van der Waals surface area (Å²) in [5.74, 6) is -1.97. The average Bonchev–Trinajstić information content (AvgIpc) is 1.97. The third-order valence-electron chi connectivity index (χ3n) is 0.992. The normalized spacial score (nSPS) is 8.58. The number of carbonyl (C=O) groups is 2. The predicted octanol–water partition coefficient (Wildman–Crippen LogP) is 0.308. The first-order valence-corrected chi connectivity index (χ1v) is 3.41. The van der Waals surface area contributed by atoms with Crippen LogP contribution in [0.3, 0.4) is 0 Å². The molecule has 0 aliphatic rings. The Labute approximate surface area is 69.6 Å². The van der Waals surface area contributed by atoms with Crippen molar-refractivity contribution in [2.24, 2.45) is 0 Å². The summed E-state index contributed by atoms with van der Waals surface area (Å²) in [6.45, 7) is 0.111. The lowest BCUT2D eigenvalue weighted by Gasteiger charge is -1.99. The summed E-state index contributed by atoms with van der Waals surface area (Å²) in [6.07, 6.45) is 0.134. The molecule has 12 heavy (non-hydrogen) atoms. The average molecular weight is 171 g/mol. The second-order valence-electron chi connectivity index (χ2n) is 2.05. The molecule has 5 nitrogen and oxygen atoms in total. The predicted molar refractivity (Wildman–Crippen MR) is 38.1 cm³/mol. The number of ether oxygens (including phenoxy) is 1. The number of carbonyl (C=O) groups excluding carboxylic acids is 1. The van der Waals surface area contributed by atoms with Gasteiger partial charge in [-0.25, -0.2) is 0 Å². The molecule has 0 unspecified atom stereocenters. The molecule has 0 rings (SSSR count). The lowest BCUT2D eigenvalue weighted by atomic mass is 10.3. The maximum Gasteiger partial charge on any atom is 0.317 e. The van der Waals surface area contributed by atoms with Gasteiger partial charge in [0.25, 0.3) is 0 Å². The van der Waals surface area contributed by atoms with Gasteiger partial charge in [-0.15, -0.1) is 0 Å². The van der Waals surface area contributed by atoms with Gasteiger partial charge in [-0.3, -0.25) is 9.59 Å². The minimum Gasteiger partial charge on any atom is -0.481 e. The molecule has 0 saturated heterocycles. The highest BCUT2D eigenvalue weighted by molar-refractivity contribution is 5.90. The summed E-state index contributed by atoms with van der Waals surface area (Å²) < 4.78 is 4.48. The molecule has 0 heterocycles. The monoisotopic (exact) mass is 171 g/mol. The third kappa shape index (κ3) is 6.55. The molecule has 0 bridgehead atoms. The fourth-order valence-electron chi connectivity index (χ4n) is 0.512. The molecule has 0 saturated carbocycles. The molecular formula is C7H9NO4. The van der Waals surface area contributed by atoms with Gasteiger partial charge in [0.05, 0.1) is 12.7 Å². The van der Waals surface area contributed by atoms with Gasteiger partial charge < -0.3 is 9.84 Å². The van der Waals surface area contributed by atoms with Crippen LogP contribution in [0.1, 0.15) is 19.3 Å². The van der Waals surface area contributed by atoms with Crippen molar-refractivity contribution in [3.05, 3.63) is 0 Å². The van der Waals surface area contributed by atoms with E-state index in [2.05, 4.69) is 4.74 Å². The van der Waals surface area contributed by atoms with Crippen LogP contribution in [0.4, 0.5) is 0 Å². The molecule has 0 amide bonds. The van der Waals surface area contributed by atoms with Gasteiger partial charge >= 0.3 is 11.9 Å². The van der Waals surface area contributed by atoms with Crippen LogP contribution in [-0.4, -0.2) is 23.7 Å². The van der Waals surface area contributed by atoms with Crippen molar-refractivity contribution in [1.29, 1.82) is 5.26 Å². The van der Waals surface area contributed by atoms with Gasteiger partial charge in [-0.1, -0.05) is 0 Å². The van der Waals surface area contributed by atoms with Gasteiger partial charge in [0.1, 0.15) is 6.42 Å². The summed E-state index contributed by atoms with van der Waals surface area (Å²) in [4.78, 5) is 20.5. The van der Waals surface area contributed by atoms with Gasteiger partial charge in [-0.05, 0) is 6.42 Å².